The highest BCUT2D eigenvalue weighted by Gasteiger charge is 2.16. The lowest BCUT2D eigenvalue weighted by Crippen LogP contribution is -2.24. The Morgan fingerprint density at radius 2 is 2.32 bits per heavy atom. The number of sulfonamides is 1. The topological polar surface area (TPSA) is 112 Å². The summed E-state index contributed by atoms with van der Waals surface area (Å²) in [4.78, 5) is 4.32. The second kappa shape index (κ2) is 5.92. The van der Waals surface area contributed by atoms with E-state index in [9.17, 15) is 8.42 Å². The number of H-pyrrole nitrogens is 1. The van der Waals surface area contributed by atoms with Crippen LogP contribution in [0.25, 0.3) is 0 Å². The van der Waals surface area contributed by atoms with Crippen LogP contribution in [0.1, 0.15) is 17.1 Å². The molecule has 0 aromatic carbocycles. The third-order valence-electron chi connectivity index (χ3n) is 2.30. The van der Waals surface area contributed by atoms with Crippen molar-refractivity contribution in [1.82, 2.24) is 19.9 Å². The van der Waals surface area contributed by atoms with Crippen LogP contribution in [0.5, 0.6) is 0 Å². The van der Waals surface area contributed by atoms with Crippen molar-refractivity contribution in [3.05, 3.63) is 29.2 Å². The van der Waals surface area contributed by atoms with E-state index in [1.807, 2.05) is 6.07 Å². The van der Waals surface area contributed by atoms with Gasteiger partial charge in [0.25, 0.3) is 0 Å². The van der Waals surface area contributed by atoms with Crippen LogP contribution < -0.4 is 4.72 Å². The maximum atomic E-state index is 11.9. The molecule has 0 aliphatic heterocycles. The van der Waals surface area contributed by atoms with Gasteiger partial charge in [0.05, 0.1) is 0 Å². The Kier molecular flexibility index (Phi) is 4.26. The zero-order valence-electron chi connectivity index (χ0n) is 9.83. The number of nitriles is 1. The quantitative estimate of drug-likeness (QED) is 0.760. The van der Waals surface area contributed by atoms with E-state index in [2.05, 4.69) is 19.9 Å². The Morgan fingerprint density at radius 3 is 2.95 bits per heavy atom. The fourth-order valence-corrected chi connectivity index (χ4v) is 3.63. The predicted molar refractivity (Wildman–Crippen MR) is 68.9 cm³/mol. The lowest BCUT2D eigenvalue weighted by Gasteiger charge is -2.03. The van der Waals surface area contributed by atoms with E-state index in [4.69, 9.17) is 5.26 Å². The number of nitrogens with one attached hydrogen (secondary N) is 2. The van der Waals surface area contributed by atoms with E-state index >= 15 is 0 Å². The Labute approximate surface area is 114 Å². The van der Waals surface area contributed by atoms with Gasteiger partial charge in [-0.1, -0.05) is 0 Å². The fourth-order valence-electron chi connectivity index (χ4n) is 1.41. The van der Waals surface area contributed by atoms with Crippen LogP contribution in [0.15, 0.2) is 22.7 Å². The van der Waals surface area contributed by atoms with Gasteiger partial charge in [-0.25, -0.2) is 18.1 Å². The lowest BCUT2D eigenvalue weighted by atomic mass is 10.3. The Bertz CT molecular complexity index is 669. The van der Waals surface area contributed by atoms with E-state index in [1.54, 1.807) is 0 Å². The Morgan fingerprint density at radius 1 is 1.47 bits per heavy atom. The molecule has 0 aliphatic rings. The molecule has 9 heteroatoms. The number of thiophene rings is 1. The number of rotatable bonds is 6. The molecule has 100 valence electrons. The Hall–Kier alpha value is -1.76. The fraction of sp³-hybridized carbons (Fsp3) is 0.300. The summed E-state index contributed by atoms with van der Waals surface area (Å²) in [6, 6.07) is 4.84. The van der Waals surface area contributed by atoms with Gasteiger partial charge < -0.3 is 0 Å². The second-order valence-electron chi connectivity index (χ2n) is 3.66. The van der Waals surface area contributed by atoms with Crippen LogP contribution in [-0.4, -0.2) is 30.1 Å². The number of nitrogens with zero attached hydrogens (tertiary/aromatic N) is 3. The van der Waals surface area contributed by atoms with E-state index in [-0.39, 0.29) is 4.21 Å². The first-order valence-corrected chi connectivity index (χ1v) is 7.75. The van der Waals surface area contributed by atoms with Crippen LogP contribution in [0.3, 0.4) is 0 Å². The molecule has 2 heterocycles. The first-order valence-electron chi connectivity index (χ1n) is 5.45. The minimum Gasteiger partial charge on any atom is -0.263 e. The standard InChI is InChI=1S/C10H11N5O2S2/c11-6-8-3-4-10(18-8)19(16,17)14-5-1-2-9-12-7-13-15-9/h3-4,7,14H,1-2,5H2,(H,12,13,15). The van der Waals surface area contributed by atoms with Crippen molar-refractivity contribution in [2.24, 2.45) is 0 Å². The molecular formula is C10H11N5O2S2. The van der Waals surface area contributed by atoms with Crippen LogP contribution >= 0.6 is 11.3 Å². The third-order valence-corrected chi connectivity index (χ3v) is 5.25. The van der Waals surface area contributed by atoms with Crippen molar-refractivity contribution in [1.29, 1.82) is 5.26 Å². The van der Waals surface area contributed by atoms with E-state index in [1.165, 1.54) is 18.5 Å². The summed E-state index contributed by atoms with van der Waals surface area (Å²) in [6.07, 6.45) is 2.65. The second-order valence-corrected chi connectivity index (χ2v) is 6.74. The van der Waals surface area contributed by atoms with Crippen LogP contribution in [0.4, 0.5) is 0 Å². The van der Waals surface area contributed by atoms with Crippen molar-refractivity contribution in [2.45, 2.75) is 17.1 Å². The van der Waals surface area contributed by atoms with Crippen LogP contribution in [0, 0.1) is 11.3 Å². The average molecular weight is 297 g/mol. The van der Waals surface area contributed by atoms with Gasteiger partial charge in [-0.05, 0) is 18.6 Å². The van der Waals surface area contributed by atoms with E-state index in [0.717, 1.165) is 17.2 Å². The molecule has 0 amide bonds. The van der Waals surface area contributed by atoms with Crippen molar-refractivity contribution < 1.29 is 8.42 Å². The van der Waals surface area contributed by atoms with Gasteiger partial charge in [0.2, 0.25) is 10.0 Å². The number of hydrogen-bond acceptors (Lipinski definition) is 6. The molecule has 2 aromatic heterocycles. The normalized spacial score (nSPS) is 11.3. The van der Waals surface area contributed by atoms with Crippen molar-refractivity contribution >= 4 is 21.4 Å². The van der Waals surface area contributed by atoms with Crippen LogP contribution in [0.2, 0.25) is 0 Å². The van der Waals surface area contributed by atoms with Gasteiger partial charge in [-0.3, -0.25) is 5.10 Å². The zero-order chi connectivity index (χ0) is 13.7. The molecule has 0 aliphatic carbocycles. The maximum Gasteiger partial charge on any atom is 0.250 e. The molecule has 0 bridgehead atoms. The first-order chi connectivity index (χ1) is 9.12. The average Bonchev–Trinajstić information content (AvgIpc) is 3.05. The van der Waals surface area contributed by atoms with E-state index < -0.39 is 10.0 Å². The molecule has 0 atom stereocenters. The molecule has 0 saturated carbocycles. The first kappa shape index (κ1) is 13.7. The molecule has 7 nitrogen and oxygen atoms in total. The van der Waals surface area contributed by atoms with Crippen molar-refractivity contribution in [3.63, 3.8) is 0 Å². The Balaban J connectivity index is 1.86. The highest BCUT2D eigenvalue weighted by atomic mass is 32.2. The summed E-state index contributed by atoms with van der Waals surface area (Å²) in [5.74, 6) is 0.724. The smallest absolute Gasteiger partial charge is 0.250 e. The zero-order valence-corrected chi connectivity index (χ0v) is 11.5. The largest absolute Gasteiger partial charge is 0.263 e. The van der Waals surface area contributed by atoms with Gasteiger partial charge in [0.1, 0.15) is 27.3 Å². The van der Waals surface area contributed by atoms with Crippen molar-refractivity contribution in [3.8, 4) is 6.07 Å². The van der Waals surface area contributed by atoms with Gasteiger partial charge in [-0.15, -0.1) is 11.3 Å². The molecular weight excluding hydrogens is 286 g/mol. The minimum absolute atomic E-state index is 0.156. The SMILES string of the molecule is N#Cc1ccc(S(=O)(=O)NCCCc2ncn[nH]2)s1. The van der Waals surface area contributed by atoms with Gasteiger partial charge in [-0.2, -0.15) is 10.4 Å². The number of aryl methyl sites for hydroxylation is 1. The molecule has 2 N–H and O–H groups in total. The molecule has 0 radical (unpaired) electrons. The molecule has 0 unspecified atom stereocenters. The maximum absolute atomic E-state index is 11.9. The van der Waals surface area contributed by atoms with Crippen molar-refractivity contribution in [2.75, 3.05) is 6.54 Å². The summed E-state index contributed by atoms with van der Waals surface area (Å²) in [6.45, 7) is 0.308. The predicted octanol–water partition coefficient (Wildman–Crippen LogP) is 0.649. The minimum atomic E-state index is -3.52. The number of aromatic nitrogens is 3. The summed E-state index contributed by atoms with van der Waals surface area (Å²) in [7, 11) is -3.52. The lowest BCUT2D eigenvalue weighted by molar-refractivity contribution is 0.580. The number of aromatic amines is 1. The number of hydrogen-bond donors (Lipinski definition) is 2. The summed E-state index contributed by atoms with van der Waals surface area (Å²) < 4.78 is 26.4. The highest BCUT2D eigenvalue weighted by Crippen LogP contribution is 2.20. The highest BCUT2D eigenvalue weighted by molar-refractivity contribution is 7.91. The molecule has 0 saturated heterocycles. The third kappa shape index (κ3) is 3.60. The monoisotopic (exact) mass is 297 g/mol. The van der Waals surface area contributed by atoms with Crippen LogP contribution in [-0.2, 0) is 16.4 Å². The van der Waals surface area contributed by atoms with Gasteiger partial charge in [0, 0.05) is 13.0 Å². The summed E-state index contributed by atoms with van der Waals surface area (Å²) >= 11 is 0.956. The van der Waals surface area contributed by atoms with Gasteiger partial charge in [0.15, 0.2) is 0 Å². The molecule has 0 fully saturated rings. The van der Waals surface area contributed by atoms with E-state index in [0.29, 0.717) is 24.3 Å². The molecule has 2 aromatic rings. The summed E-state index contributed by atoms with van der Waals surface area (Å²) in [5.41, 5.74) is 0. The van der Waals surface area contributed by atoms with Gasteiger partial charge >= 0.3 is 0 Å². The molecule has 2 rings (SSSR count). The summed E-state index contributed by atoms with van der Waals surface area (Å²) in [5, 5.41) is 15.1. The molecule has 19 heavy (non-hydrogen) atoms. The molecule has 0 spiro atoms.